The minimum atomic E-state index is 0.258. The molecule has 0 saturated carbocycles. The summed E-state index contributed by atoms with van der Waals surface area (Å²) in [6.45, 7) is 3.13. The Kier molecular flexibility index (Phi) is 15.0. The van der Waals surface area contributed by atoms with Gasteiger partial charge in [-0.15, -0.1) is 0 Å². The Morgan fingerprint density at radius 1 is 0.750 bits per heavy atom. The molecule has 0 aromatic rings. The van der Waals surface area contributed by atoms with Crippen molar-refractivity contribution in [3.05, 3.63) is 0 Å². The van der Waals surface area contributed by atoms with Crippen molar-refractivity contribution in [2.45, 2.75) is 111 Å². The summed E-state index contributed by atoms with van der Waals surface area (Å²) in [7, 11) is 12.2. The third-order valence-electron chi connectivity index (χ3n) is 4.93. The van der Waals surface area contributed by atoms with Gasteiger partial charge in [0, 0.05) is 13.0 Å². The maximum Gasteiger partial charge on any atom is 0.219 e. The molecule has 2 saturated heterocycles. The molecule has 2 aliphatic rings. The number of nitrogens with one attached hydrogen (secondary N) is 1. The average Bonchev–Trinajstić information content (AvgIpc) is 3.46. The number of unbranched alkanes of at least 4 members (excludes halogenated alkanes) is 11. The minimum Gasteiger partial charge on any atom is -0.356 e. The van der Waals surface area contributed by atoms with Gasteiger partial charge in [0.25, 0.3) is 0 Å². The Labute approximate surface area is 196 Å². The SMILES string of the molecule is CCCCCCCCCCCCCC(=O)NCCCCC1SSC2(SS1)SS2. The summed E-state index contributed by atoms with van der Waals surface area (Å²) in [5.74, 6) is 0.258. The zero-order chi connectivity index (χ0) is 19.9. The van der Waals surface area contributed by atoms with Gasteiger partial charge in [-0.05, 0) is 47.3 Å². The summed E-state index contributed by atoms with van der Waals surface area (Å²) >= 11 is 0. The third kappa shape index (κ3) is 12.4. The van der Waals surface area contributed by atoms with E-state index in [0.717, 1.165) is 30.4 Å². The largest absolute Gasteiger partial charge is 0.356 e. The van der Waals surface area contributed by atoms with E-state index in [-0.39, 0.29) is 5.91 Å². The van der Waals surface area contributed by atoms with Crippen molar-refractivity contribution in [1.29, 1.82) is 0 Å². The van der Waals surface area contributed by atoms with Gasteiger partial charge in [-0.1, -0.05) is 114 Å². The van der Waals surface area contributed by atoms with Crippen molar-refractivity contribution in [2.24, 2.45) is 0 Å². The molecule has 2 rings (SSSR count). The van der Waals surface area contributed by atoms with Crippen LogP contribution in [0.25, 0.3) is 0 Å². The second-order valence-electron chi connectivity index (χ2n) is 7.59. The number of hydrogen-bond acceptors (Lipinski definition) is 7. The Bertz CT molecular complexity index is 412. The lowest BCUT2D eigenvalue weighted by molar-refractivity contribution is -0.121. The third-order valence-corrected chi connectivity index (χ3v) is 18.8. The van der Waals surface area contributed by atoms with Gasteiger partial charge in [-0.25, -0.2) is 0 Å². The highest BCUT2D eigenvalue weighted by Crippen LogP contribution is 2.84. The Balaban J connectivity index is 1.27. The maximum atomic E-state index is 11.9. The first-order chi connectivity index (χ1) is 13.7. The molecular formula is C20H37NOS6. The van der Waals surface area contributed by atoms with Crippen molar-refractivity contribution < 1.29 is 4.79 Å². The van der Waals surface area contributed by atoms with Crippen molar-refractivity contribution in [3.63, 3.8) is 0 Å². The molecule has 0 bridgehead atoms. The minimum absolute atomic E-state index is 0.258. The molecule has 1 N–H and O–H groups in total. The monoisotopic (exact) mass is 499 g/mol. The van der Waals surface area contributed by atoms with E-state index in [1.807, 2.05) is 43.2 Å². The predicted molar refractivity (Wildman–Crippen MR) is 140 cm³/mol. The summed E-state index contributed by atoms with van der Waals surface area (Å²) in [5, 5.41) is 3.11. The summed E-state index contributed by atoms with van der Waals surface area (Å²) in [6.07, 6.45) is 19.0. The lowest BCUT2D eigenvalue weighted by atomic mass is 10.1. The van der Waals surface area contributed by atoms with E-state index in [4.69, 9.17) is 0 Å². The highest BCUT2D eigenvalue weighted by Gasteiger charge is 2.52. The fourth-order valence-electron chi connectivity index (χ4n) is 3.14. The summed E-state index contributed by atoms with van der Waals surface area (Å²) < 4.78 is 1.14. The molecule has 0 unspecified atom stereocenters. The fourth-order valence-corrected chi connectivity index (χ4v) is 16.6. The van der Waals surface area contributed by atoms with Crippen molar-refractivity contribution in [3.8, 4) is 0 Å². The molecule has 1 spiro atoms. The zero-order valence-electron chi connectivity index (χ0n) is 17.2. The Morgan fingerprint density at radius 2 is 1.32 bits per heavy atom. The van der Waals surface area contributed by atoms with Crippen LogP contribution in [0, 0.1) is 0 Å². The van der Waals surface area contributed by atoms with Crippen molar-refractivity contribution in [1.82, 2.24) is 5.32 Å². The van der Waals surface area contributed by atoms with Gasteiger partial charge in [0.1, 0.15) is 0 Å². The molecule has 0 aromatic heterocycles. The van der Waals surface area contributed by atoms with Crippen LogP contribution in [-0.4, -0.2) is 19.8 Å². The first-order valence-corrected chi connectivity index (χ1v) is 17.6. The quantitative estimate of drug-likeness (QED) is 0.121. The molecule has 8 heteroatoms. The predicted octanol–water partition coefficient (Wildman–Crippen LogP) is 9.08. The van der Waals surface area contributed by atoms with E-state index in [0.29, 0.717) is 2.74 Å². The summed E-state index contributed by atoms with van der Waals surface area (Å²) in [6, 6.07) is 0. The average molecular weight is 500 g/mol. The molecule has 164 valence electrons. The van der Waals surface area contributed by atoms with Crippen molar-refractivity contribution in [2.75, 3.05) is 6.54 Å². The molecule has 0 aliphatic carbocycles. The van der Waals surface area contributed by atoms with Crippen LogP contribution < -0.4 is 5.32 Å². The van der Waals surface area contributed by atoms with Crippen LogP contribution in [-0.2, 0) is 4.79 Å². The van der Waals surface area contributed by atoms with E-state index < -0.39 is 0 Å². The number of rotatable bonds is 17. The van der Waals surface area contributed by atoms with Crippen LogP contribution in [0.2, 0.25) is 0 Å². The van der Waals surface area contributed by atoms with Gasteiger partial charge in [-0.2, -0.15) is 0 Å². The van der Waals surface area contributed by atoms with Gasteiger partial charge in [0.05, 0.1) is 4.58 Å². The fraction of sp³-hybridized carbons (Fsp3) is 0.950. The van der Waals surface area contributed by atoms with Gasteiger partial charge in [-0.3, -0.25) is 4.79 Å². The van der Waals surface area contributed by atoms with Crippen LogP contribution in [0.5, 0.6) is 0 Å². The molecule has 0 atom stereocenters. The Morgan fingerprint density at radius 3 is 1.89 bits per heavy atom. The maximum absolute atomic E-state index is 11.9. The van der Waals surface area contributed by atoms with Gasteiger partial charge in [0.2, 0.25) is 5.91 Å². The number of hydrogen-bond donors (Lipinski definition) is 1. The first-order valence-electron chi connectivity index (χ1n) is 11.1. The van der Waals surface area contributed by atoms with Crippen LogP contribution in [0.15, 0.2) is 0 Å². The molecule has 1 amide bonds. The standard InChI is InChI=1S/C20H37NOS6/c1-2-3-4-5-6-7-8-9-10-11-12-15-18(22)21-17-14-13-16-19-23-25-20(26-24-19)27-28-20/h19H,2-17H2,1H3,(H,21,22). The highest BCUT2D eigenvalue weighted by atomic mass is 33.2. The summed E-state index contributed by atoms with van der Waals surface area (Å²) in [5.41, 5.74) is 0. The van der Waals surface area contributed by atoms with E-state index in [9.17, 15) is 4.79 Å². The molecule has 0 aromatic carbocycles. The van der Waals surface area contributed by atoms with E-state index >= 15 is 0 Å². The number of carbonyl (C=O) groups excluding carboxylic acids is 1. The van der Waals surface area contributed by atoms with Gasteiger partial charge < -0.3 is 5.32 Å². The first kappa shape index (κ1) is 25.8. The molecule has 2 fully saturated rings. The second-order valence-corrected chi connectivity index (χ2v) is 17.2. The number of amides is 1. The Hall–Kier alpha value is 1.57. The molecular weight excluding hydrogens is 463 g/mol. The lowest BCUT2D eigenvalue weighted by Gasteiger charge is -2.23. The molecule has 2 aliphatic heterocycles. The normalized spacial score (nSPS) is 18.5. The smallest absolute Gasteiger partial charge is 0.219 e. The van der Waals surface area contributed by atoms with Gasteiger partial charge >= 0.3 is 0 Å². The zero-order valence-corrected chi connectivity index (χ0v) is 22.1. The van der Waals surface area contributed by atoms with Crippen LogP contribution in [0.1, 0.15) is 103 Å². The summed E-state index contributed by atoms with van der Waals surface area (Å²) in [4.78, 5) is 11.9. The number of carbonyl (C=O) groups is 1. The molecule has 0 radical (unpaired) electrons. The molecule has 2 nitrogen and oxygen atoms in total. The molecule has 28 heavy (non-hydrogen) atoms. The van der Waals surface area contributed by atoms with Crippen LogP contribution >= 0.6 is 64.8 Å². The van der Waals surface area contributed by atoms with Crippen molar-refractivity contribution >= 4 is 70.7 Å². The second kappa shape index (κ2) is 16.2. The lowest BCUT2D eigenvalue weighted by Crippen LogP contribution is -2.24. The highest BCUT2D eigenvalue weighted by molar-refractivity contribution is 9.14. The van der Waals surface area contributed by atoms with Crippen LogP contribution in [0.3, 0.4) is 0 Å². The van der Waals surface area contributed by atoms with E-state index in [1.54, 1.807) is 0 Å². The topological polar surface area (TPSA) is 29.1 Å². The molecule has 2 heterocycles. The van der Waals surface area contributed by atoms with Gasteiger partial charge in [0.15, 0.2) is 2.74 Å². The van der Waals surface area contributed by atoms with E-state index in [2.05, 4.69) is 33.8 Å². The van der Waals surface area contributed by atoms with Crippen LogP contribution in [0.4, 0.5) is 0 Å². The van der Waals surface area contributed by atoms with E-state index in [1.165, 1.54) is 77.0 Å².